The van der Waals surface area contributed by atoms with Crippen molar-refractivity contribution in [3.05, 3.63) is 142 Å². The van der Waals surface area contributed by atoms with Gasteiger partial charge in [-0.25, -0.2) is 0 Å². The highest BCUT2D eigenvalue weighted by Crippen LogP contribution is 2.77. The van der Waals surface area contributed by atoms with Gasteiger partial charge in [0.05, 0.1) is 11.3 Å². The lowest BCUT2D eigenvalue weighted by atomic mass is 10.0. The van der Waals surface area contributed by atoms with Crippen molar-refractivity contribution in [1.29, 1.82) is 0 Å². The molecule has 0 radical (unpaired) electrons. The van der Waals surface area contributed by atoms with E-state index in [0.29, 0.717) is 11.3 Å². The van der Waals surface area contributed by atoms with E-state index in [0.717, 1.165) is 26.1 Å². The molecule has 4 atom stereocenters. The summed E-state index contributed by atoms with van der Waals surface area (Å²) in [5, 5.41) is 0. The minimum absolute atomic E-state index is 0. The van der Waals surface area contributed by atoms with Crippen molar-refractivity contribution in [2.45, 2.75) is 97.3 Å². The molecule has 2 saturated heterocycles. The number of rotatable bonds is 7. The van der Waals surface area contributed by atoms with Crippen LogP contribution >= 0.6 is 25.8 Å². The van der Waals surface area contributed by atoms with Crippen molar-refractivity contribution in [2.75, 3.05) is 27.3 Å². The normalized spacial score (nSPS) is 21.3. The van der Waals surface area contributed by atoms with Crippen LogP contribution in [0.4, 0.5) is 0 Å². The number of halogens is 1. The second-order valence-corrected chi connectivity index (χ2v) is 20.0. The fraction of sp³-hybridized carbons (Fsp3) is 0.442. The second kappa shape index (κ2) is 19.4. The lowest BCUT2D eigenvalue weighted by Crippen LogP contribution is -2.15. The molecule has 0 bridgehead atoms. The summed E-state index contributed by atoms with van der Waals surface area (Å²) in [4.78, 5) is 0. The molecule has 2 aliphatic rings. The van der Waals surface area contributed by atoms with Crippen LogP contribution in [0.2, 0.25) is 0 Å². The first kappa shape index (κ1) is 41.2. The Morgan fingerprint density at radius 1 is 0.592 bits per heavy atom. The summed E-state index contributed by atoms with van der Waals surface area (Å²) >= 11 is 6.86. The van der Waals surface area contributed by atoms with Crippen LogP contribution in [0, 0.1) is 27.7 Å². The van der Waals surface area contributed by atoms with Crippen molar-refractivity contribution in [3.8, 4) is 0 Å². The molecule has 6 heteroatoms. The molecule has 0 saturated carbocycles. The molecule has 0 spiro atoms. The molecule has 0 aliphatic carbocycles. The van der Waals surface area contributed by atoms with Gasteiger partial charge in [0.2, 0.25) is 0 Å². The lowest BCUT2D eigenvalue weighted by molar-refractivity contribution is 0.162. The van der Waals surface area contributed by atoms with Gasteiger partial charge < -0.3 is 9.30 Å². The third kappa shape index (κ3) is 10.4. The summed E-state index contributed by atoms with van der Waals surface area (Å²) in [7, 11) is 0.967. The predicted octanol–water partition coefficient (Wildman–Crippen LogP) is 13.9. The summed E-state index contributed by atoms with van der Waals surface area (Å²) < 4.78 is 20.9. The first-order valence-electron chi connectivity index (χ1n) is 17.5. The zero-order valence-corrected chi connectivity index (χ0v) is 32.9. The zero-order chi connectivity index (χ0) is 34.8. The van der Waals surface area contributed by atoms with Crippen LogP contribution in [-0.4, -0.2) is 32.0 Å². The van der Waals surface area contributed by atoms with E-state index in [1.165, 1.54) is 57.3 Å². The lowest BCUT2D eigenvalue weighted by Gasteiger charge is -2.32. The van der Waals surface area contributed by atoms with Gasteiger partial charge in [-0.3, -0.25) is 4.67 Å². The minimum atomic E-state index is -2.50. The molecular formula is C43H60ClNO2P2. The Bertz CT molecular complexity index is 1470. The van der Waals surface area contributed by atoms with Gasteiger partial charge in [-0.15, -0.1) is 0 Å². The SMILES string of the molecule is C.CCOCC.Cc1ccc([C@@H]2CC[C@@H](c3ccc(C)cc3)P2Cl)cc1.Cc1ccc([C@H]2CC[C@H](c3ccc(C)cc3)P2(=O)N(C)C)cc1. The van der Waals surface area contributed by atoms with E-state index in [2.05, 4.69) is 125 Å². The van der Waals surface area contributed by atoms with Crippen LogP contribution in [0.5, 0.6) is 0 Å². The van der Waals surface area contributed by atoms with E-state index in [1.54, 1.807) is 0 Å². The predicted molar refractivity (Wildman–Crippen MR) is 217 cm³/mol. The summed E-state index contributed by atoms with van der Waals surface area (Å²) in [6.45, 7) is 14.1. The van der Waals surface area contributed by atoms with Crippen LogP contribution in [-0.2, 0) is 9.30 Å². The minimum Gasteiger partial charge on any atom is -0.382 e. The monoisotopic (exact) mass is 719 g/mol. The molecule has 2 fully saturated rings. The molecular weight excluding hydrogens is 660 g/mol. The smallest absolute Gasteiger partial charge is 0.164 e. The number of benzene rings is 4. The largest absolute Gasteiger partial charge is 0.382 e. The number of hydrogen-bond acceptors (Lipinski definition) is 2. The van der Waals surface area contributed by atoms with Crippen molar-refractivity contribution >= 4 is 25.8 Å². The number of hydrogen-bond donors (Lipinski definition) is 0. The van der Waals surface area contributed by atoms with E-state index in [4.69, 9.17) is 16.0 Å². The first-order valence-corrected chi connectivity index (χ1v) is 21.7. The molecule has 0 aromatic heterocycles. The molecule has 2 heterocycles. The maximum atomic E-state index is 14.1. The quantitative estimate of drug-likeness (QED) is 0.178. The first-order chi connectivity index (χ1) is 23.0. The van der Waals surface area contributed by atoms with E-state index >= 15 is 0 Å². The van der Waals surface area contributed by atoms with Crippen molar-refractivity contribution in [1.82, 2.24) is 4.67 Å². The highest BCUT2D eigenvalue weighted by Gasteiger charge is 2.49. The third-order valence-corrected chi connectivity index (χ3v) is 17.7. The Labute approximate surface area is 304 Å². The molecule has 4 aromatic carbocycles. The van der Waals surface area contributed by atoms with E-state index in [-0.39, 0.29) is 18.7 Å². The Kier molecular flexibility index (Phi) is 16.3. The van der Waals surface area contributed by atoms with Crippen LogP contribution < -0.4 is 0 Å². The van der Waals surface area contributed by atoms with Gasteiger partial charge in [0.25, 0.3) is 0 Å². The zero-order valence-electron chi connectivity index (χ0n) is 30.3. The van der Waals surface area contributed by atoms with Crippen LogP contribution in [0.1, 0.15) is 114 Å². The maximum absolute atomic E-state index is 14.1. The van der Waals surface area contributed by atoms with Gasteiger partial charge in [-0.2, -0.15) is 0 Å². The molecule has 2 aliphatic heterocycles. The Morgan fingerprint density at radius 3 is 1.12 bits per heavy atom. The number of nitrogens with zero attached hydrogens (tertiary/aromatic N) is 1. The highest BCUT2D eigenvalue weighted by molar-refractivity contribution is 7.84. The second-order valence-electron chi connectivity index (χ2n) is 13.5. The standard InChI is InChI=1S/C20H26NOP.C18H20ClP.C4H10O.CH4/c1-15-5-9-17(10-6-15)19-13-14-20(23(19,22)21(3)4)18-11-7-16(2)8-12-18;1-13-3-7-15(8-4-13)17-11-12-18(20(17)19)16-9-5-14(2)6-10-16;1-3-5-4-2;/h5-12,19-20H,13-14H2,1-4H3;3-10,17-18H,11-12H2,1-2H3;3-4H2,1-2H3;1H4/t19-,20-;17-,18-;;/m10../s1. The number of ether oxygens (including phenoxy) is 1. The molecule has 0 N–H and O–H groups in total. The van der Waals surface area contributed by atoms with Gasteiger partial charge in [-0.1, -0.05) is 138 Å². The maximum Gasteiger partial charge on any atom is 0.164 e. The fourth-order valence-electron chi connectivity index (χ4n) is 6.98. The van der Waals surface area contributed by atoms with Gasteiger partial charge in [0.1, 0.15) is 0 Å². The van der Waals surface area contributed by atoms with Gasteiger partial charge in [0, 0.05) is 31.8 Å². The van der Waals surface area contributed by atoms with Crippen LogP contribution in [0.15, 0.2) is 97.1 Å². The van der Waals surface area contributed by atoms with E-state index in [1.807, 2.05) is 32.6 Å². The molecule has 4 aromatic rings. The van der Waals surface area contributed by atoms with Gasteiger partial charge in [0.15, 0.2) is 7.29 Å². The number of aryl methyl sites for hydroxylation is 4. The van der Waals surface area contributed by atoms with Crippen LogP contribution in [0.3, 0.4) is 0 Å². The van der Waals surface area contributed by atoms with Crippen molar-refractivity contribution in [2.24, 2.45) is 0 Å². The van der Waals surface area contributed by atoms with Gasteiger partial charge in [-0.05, 0) is 104 Å². The average Bonchev–Trinajstić information content (AvgIpc) is 3.64. The fourth-order valence-corrected chi connectivity index (χ4v) is 14.2. The Balaban J connectivity index is 0.000000231. The molecule has 6 rings (SSSR count). The van der Waals surface area contributed by atoms with Crippen molar-refractivity contribution in [3.63, 3.8) is 0 Å². The summed E-state index contributed by atoms with van der Waals surface area (Å²) in [5.41, 5.74) is 11.8. The molecule has 266 valence electrons. The van der Waals surface area contributed by atoms with Crippen LogP contribution in [0.25, 0.3) is 0 Å². The third-order valence-electron chi connectivity index (χ3n) is 9.80. The summed E-state index contributed by atoms with van der Waals surface area (Å²) in [6.07, 6.45) is 4.43. The van der Waals surface area contributed by atoms with E-state index in [9.17, 15) is 4.57 Å². The highest BCUT2D eigenvalue weighted by atomic mass is 35.7. The molecule has 49 heavy (non-hydrogen) atoms. The summed E-state index contributed by atoms with van der Waals surface area (Å²) in [6, 6.07) is 35.0. The Morgan fingerprint density at radius 2 is 0.878 bits per heavy atom. The van der Waals surface area contributed by atoms with Crippen molar-refractivity contribution < 1.29 is 9.30 Å². The molecule has 0 unspecified atom stereocenters. The summed E-state index contributed by atoms with van der Waals surface area (Å²) in [5.74, 6) is 0. The average molecular weight is 720 g/mol. The molecule has 3 nitrogen and oxygen atoms in total. The molecule has 0 amide bonds. The van der Waals surface area contributed by atoms with E-state index < -0.39 is 14.6 Å². The Hall–Kier alpha value is -2.25. The van der Waals surface area contributed by atoms with Gasteiger partial charge >= 0.3 is 0 Å². The topological polar surface area (TPSA) is 29.5 Å².